The highest BCUT2D eigenvalue weighted by atomic mass is 14.9. The lowest BCUT2D eigenvalue weighted by molar-refractivity contribution is 1.18. The van der Waals surface area contributed by atoms with E-state index in [4.69, 9.17) is 19.9 Å². The Morgan fingerprint density at radius 3 is 1.33 bits per heavy atom. The molecule has 0 amide bonds. The summed E-state index contributed by atoms with van der Waals surface area (Å²) in [5, 5.41) is 0. The van der Waals surface area contributed by atoms with E-state index in [1.165, 1.54) is 0 Å². The molecule has 0 bridgehead atoms. The normalized spacial score (nSPS) is 11.0. The van der Waals surface area contributed by atoms with Crippen LogP contribution in [0.1, 0.15) is 0 Å². The van der Waals surface area contributed by atoms with E-state index in [-0.39, 0.29) is 0 Å². The molecule has 0 spiro atoms. The molecule has 0 atom stereocenters. The minimum atomic E-state index is 0.667. The molecule has 4 aromatic heterocycles. The van der Waals surface area contributed by atoms with Gasteiger partial charge in [0.15, 0.2) is 5.82 Å². The van der Waals surface area contributed by atoms with E-state index in [1.54, 1.807) is 6.20 Å². The van der Waals surface area contributed by atoms with Gasteiger partial charge in [-0.15, -0.1) is 0 Å². The number of aromatic nitrogens is 5. The fourth-order valence-corrected chi connectivity index (χ4v) is 6.81. The summed E-state index contributed by atoms with van der Waals surface area (Å²) < 4.78 is 0. The third-order valence-electron chi connectivity index (χ3n) is 9.44. The van der Waals surface area contributed by atoms with Crippen molar-refractivity contribution in [1.29, 1.82) is 0 Å². The second kappa shape index (κ2) is 14.7. The molecule has 0 radical (unpaired) electrons. The van der Waals surface area contributed by atoms with Crippen LogP contribution in [0.5, 0.6) is 0 Å². The van der Waals surface area contributed by atoms with Crippen molar-refractivity contribution >= 4 is 0 Å². The zero-order chi connectivity index (χ0) is 36.1. The van der Waals surface area contributed by atoms with Gasteiger partial charge in [-0.25, -0.2) is 15.0 Å². The van der Waals surface area contributed by atoms with Crippen LogP contribution in [0.2, 0.25) is 0 Å². The van der Waals surface area contributed by atoms with Crippen LogP contribution in [0.25, 0.3) is 90.1 Å². The van der Waals surface area contributed by atoms with Crippen LogP contribution < -0.4 is 0 Å². The van der Waals surface area contributed by atoms with E-state index in [0.717, 1.165) is 84.2 Å². The van der Waals surface area contributed by atoms with Crippen LogP contribution >= 0.6 is 0 Å². The van der Waals surface area contributed by atoms with Crippen LogP contribution in [0.4, 0.5) is 0 Å². The van der Waals surface area contributed by atoms with Crippen molar-refractivity contribution in [3.05, 3.63) is 200 Å². The fraction of sp³-hybridized carbons (Fsp3) is 0. The highest BCUT2D eigenvalue weighted by molar-refractivity contribution is 5.91. The number of hydrogen-bond acceptors (Lipinski definition) is 5. The Balaban J connectivity index is 1.17. The smallest absolute Gasteiger partial charge is 0.161 e. The molecule has 9 aromatic rings. The molecule has 0 N–H and O–H groups in total. The van der Waals surface area contributed by atoms with E-state index >= 15 is 0 Å². The molecule has 254 valence electrons. The Morgan fingerprint density at radius 1 is 0.241 bits per heavy atom. The third-order valence-corrected chi connectivity index (χ3v) is 9.44. The summed E-state index contributed by atoms with van der Waals surface area (Å²) in [6.45, 7) is 0. The zero-order valence-corrected chi connectivity index (χ0v) is 29.3. The summed E-state index contributed by atoms with van der Waals surface area (Å²) in [6, 6.07) is 64.2. The molecule has 0 fully saturated rings. The molecule has 5 nitrogen and oxygen atoms in total. The number of benzene rings is 5. The largest absolute Gasteiger partial charge is 0.255 e. The van der Waals surface area contributed by atoms with E-state index in [9.17, 15) is 0 Å². The van der Waals surface area contributed by atoms with Crippen molar-refractivity contribution in [2.75, 3.05) is 0 Å². The maximum atomic E-state index is 5.17. The standard InChI is InChI=1S/C49H33N5/c1-4-16-34(17-5-1)38-31-47(43-26-14-15-28-50-43)52-48(32-38)46-30-37(27-29-51-46)39-22-10-11-23-40(39)41-24-12-13-25-42(41)49-53-44(35-18-6-2-7-19-35)33-45(54-49)36-20-8-3-9-21-36/h1-33H. The van der Waals surface area contributed by atoms with Gasteiger partial charge in [0.1, 0.15) is 0 Å². The first kappa shape index (κ1) is 32.5. The van der Waals surface area contributed by atoms with Gasteiger partial charge >= 0.3 is 0 Å². The van der Waals surface area contributed by atoms with E-state index < -0.39 is 0 Å². The average molecular weight is 692 g/mol. The number of hydrogen-bond donors (Lipinski definition) is 0. The maximum Gasteiger partial charge on any atom is 0.161 e. The minimum absolute atomic E-state index is 0.667. The Kier molecular flexibility index (Phi) is 8.86. The Labute approximate surface area is 314 Å². The average Bonchev–Trinajstić information content (AvgIpc) is 3.27. The van der Waals surface area contributed by atoms with Crippen LogP contribution in [-0.2, 0) is 0 Å². The summed E-state index contributed by atoms with van der Waals surface area (Å²) in [5.41, 5.74) is 14.3. The molecule has 5 heteroatoms. The Morgan fingerprint density at radius 2 is 0.722 bits per heavy atom. The van der Waals surface area contributed by atoms with E-state index in [1.807, 2.05) is 66.9 Å². The molecular weight excluding hydrogens is 659 g/mol. The molecule has 9 rings (SSSR count). The summed E-state index contributed by atoms with van der Waals surface area (Å²) >= 11 is 0. The van der Waals surface area contributed by atoms with Crippen LogP contribution in [-0.4, -0.2) is 24.9 Å². The van der Waals surface area contributed by atoms with Crippen molar-refractivity contribution in [1.82, 2.24) is 24.9 Å². The van der Waals surface area contributed by atoms with Gasteiger partial charge in [-0.2, -0.15) is 0 Å². The first-order chi connectivity index (χ1) is 26.8. The molecular formula is C49H33N5. The minimum Gasteiger partial charge on any atom is -0.255 e. The van der Waals surface area contributed by atoms with Crippen LogP contribution in [0.3, 0.4) is 0 Å². The SMILES string of the molecule is c1ccc(-c2cc(-c3ccccn3)nc(-c3cc(-c4ccccc4-c4ccccc4-c4nc(-c5ccccc5)cc(-c5ccccc5)n4)ccn3)c2)cc1. The first-order valence-corrected chi connectivity index (χ1v) is 17.9. The van der Waals surface area contributed by atoms with Gasteiger partial charge in [0.2, 0.25) is 0 Å². The predicted octanol–water partition coefficient (Wildman–Crippen LogP) is 12.0. The van der Waals surface area contributed by atoms with E-state index in [0.29, 0.717) is 5.82 Å². The third kappa shape index (κ3) is 6.70. The lowest BCUT2D eigenvalue weighted by atomic mass is 9.91. The van der Waals surface area contributed by atoms with Gasteiger partial charge in [0, 0.05) is 29.1 Å². The van der Waals surface area contributed by atoms with Gasteiger partial charge in [-0.1, -0.05) is 146 Å². The number of nitrogens with zero attached hydrogens (tertiary/aromatic N) is 5. The topological polar surface area (TPSA) is 64.5 Å². The monoisotopic (exact) mass is 691 g/mol. The Bertz CT molecular complexity index is 2580. The molecule has 0 unspecified atom stereocenters. The lowest BCUT2D eigenvalue weighted by Gasteiger charge is -2.16. The highest BCUT2D eigenvalue weighted by Gasteiger charge is 2.18. The quantitative estimate of drug-likeness (QED) is 0.159. The summed E-state index contributed by atoms with van der Waals surface area (Å²) in [5.74, 6) is 0.667. The molecule has 0 saturated heterocycles. The second-order valence-corrected chi connectivity index (χ2v) is 12.9. The molecule has 0 aliphatic carbocycles. The molecule has 0 aliphatic rings. The van der Waals surface area contributed by atoms with Crippen LogP contribution in [0.15, 0.2) is 200 Å². The first-order valence-electron chi connectivity index (χ1n) is 17.9. The van der Waals surface area contributed by atoms with Crippen LogP contribution in [0, 0.1) is 0 Å². The van der Waals surface area contributed by atoms with Gasteiger partial charge in [0.25, 0.3) is 0 Å². The fourth-order valence-electron chi connectivity index (χ4n) is 6.81. The summed E-state index contributed by atoms with van der Waals surface area (Å²) in [4.78, 5) is 24.9. The van der Waals surface area contributed by atoms with Gasteiger partial charge in [-0.05, 0) is 75.8 Å². The van der Waals surface area contributed by atoms with Crippen molar-refractivity contribution in [2.45, 2.75) is 0 Å². The highest BCUT2D eigenvalue weighted by Crippen LogP contribution is 2.39. The summed E-state index contributed by atoms with van der Waals surface area (Å²) in [6.07, 6.45) is 3.66. The predicted molar refractivity (Wildman–Crippen MR) is 219 cm³/mol. The zero-order valence-electron chi connectivity index (χ0n) is 29.3. The van der Waals surface area contributed by atoms with Gasteiger partial charge in [0.05, 0.1) is 34.2 Å². The van der Waals surface area contributed by atoms with Crippen molar-refractivity contribution in [2.24, 2.45) is 0 Å². The molecule has 54 heavy (non-hydrogen) atoms. The molecule has 0 saturated carbocycles. The number of rotatable bonds is 8. The van der Waals surface area contributed by atoms with E-state index in [2.05, 4.69) is 132 Å². The maximum absolute atomic E-state index is 5.17. The summed E-state index contributed by atoms with van der Waals surface area (Å²) in [7, 11) is 0. The van der Waals surface area contributed by atoms with Gasteiger partial charge < -0.3 is 0 Å². The molecule has 0 aliphatic heterocycles. The Hall–Kier alpha value is -7.37. The van der Waals surface area contributed by atoms with Gasteiger partial charge in [-0.3, -0.25) is 9.97 Å². The second-order valence-electron chi connectivity index (χ2n) is 12.9. The van der Waals surface area contributed by atoms with Crippen molar-refractivity contribution in [3.63, 3.8) is 0 Å². The number of pyridine rings is 3. The van der Waals surface area contributed by atoms with Crippen molar-refractivity contribution in [3.8, 4) is 90.1 Å². The van der Waals surface area contributed by atoms with Crippen molar-refractivity contribution < 1.29 is 0 Å². The molecule has 5 aromatic carbocycles. The lowest BCUT2D eigenvalue weighted by Crippen LogP contribution is -1.98. The molecule has 4 heterocycles.